The summed E-state index contributed by atoms with van der Waals surface area (Å²) in [7, 11) is 6.26. The van der Waals surface area contributed by atoms with Gasteiger partial charge >= 0.3 is 5.69 Å². The highest BCUT2D eigenvalue weighted by molar-refractivity contribution is 5.93. The zero-order valence-electron chi connectivity index (χ0n) is 19.5. The van der Waals surface area contributed by atoms with Crippen molar-refractivity contribution in [2.24, 2.45) is 14.1 Å². The molecule has 0 aliphatic rings. The molecular formula is C25H26N4O5. The molecule has 9 heteroatoms. The largest absolute Gasteiger partial charge is 0.493 e. The average molecular weight is 463 g/mol. The van der Waals surface area contributed by atoms with Gasteiger partial charge in [0.15, 0.2) is 11.5 Å². The van der Waals surface area contributed by atoms with Crippen LogP contribution in [-0.4, -0.2) is 33.8 Å². The molecule has 4 rings (SSSR count). The minimum atomic E-state index is -0.554. The lowest BCUT2D eigenvalue weighted by atomic mass is 10.1. The number of aromatic nitrogens is 3. The Morgan fingerprint density at radius 2 is 1.65 bits per heavy atom. The number of rotatable bonds is 7. The number of carbonyl (C=O) groups is 1. The Kier molecular flexibility index (Phi) is 6.27. The maximum absolute atomic E-state index is 13.1. The Labute approximate surface area is 195 Å². The van der Waals surface area contributed by atoms with Gasteiger partial charge in [-0.3, -0.25) is 18.7 Å². The normalized spacial score (nSPS) is 10.9. The molecule has 2 aromatic heterocycles. The molecular weight excluding hydrogens is 436 g/mol. The minimum absolute atomic E-state index is 0.236. The summed E-state index contributed by atoms with van der Waals surface area (Å²) < 4.78 is 14.6. The zero-order valence-corrected chi connectivity index (χ0v) is 19.5. The van der Waals surface area contributed by atoms with Crippen molar-refractivity contribution in [2.75, 3.05) is 14.2 Å². The zero-order chi connectivity index (χ0) is 24.4. The molecule has 0 spiro atoms. The lowest BCUT2D eigenvalue weighted by Crippen LogP contribution is -2.41. The van der Waals surface area contributed by atoms with Gasteiger partial charge in [0, 0.05) is 32.4 Å². The quantitative estimate of drug-likeness (QED) is 0.453. The molecule has 0 saturated heterocycles. The molecule has 0 saturated carbocycles. The van der Waals surface area contributed by atoms with E-state index < -0.39 is 11.2 Å². The number of hydrogen-bond donors (Lipinski definition) is 1. The van der Waals surface area contributed by atoms with E-state index in [1.165, 1.54) is 11.6 Å². The molecule has 0 unspecified atom stereocenters. The highest BCUT2D eigenvalue weighted by atomic mass is 16.5. The third-order valence-corrected chi connectivity index (χ3v) is 5.77. The van der Waals surface area contributed by atoms with Crippen molar-refractivity contribution in [3.8, 4) is 22.6 Å². The van der Waals surface area contributed by atoms with E-state index in [-0.39, 0.29) is 19.0 Å². The van der Waals surface area contributed by atoms with Gasteiger partial charge in [0.05, 0.1) is 19.7 Å². The Hall–Kier alpha value is -4.27. The van der Waals surface area contributed by atoms with Gasteiger partial charge in [-0.2, -0.15) is 0 Å². The van der Waals surface area contributed by atoms with Crippen molar-refractivity contribution in [1.29, 1.82) is 0 Å². The van der Waals surface area contributed by atoms with Crippen LogP contribution in [0.2, 0.25) is 0 Å². The van der Waals surface area contributed by atoms with Crippen LogP contribution >= 0.6 is 0 Å². The van der Waals surface area contributed by atoms with E-state index in [9.17, 15) is 14.4 Å². The first-order chi connectivity index (χ1) is 16.3. The third kappa shape index (κ3) is 4.07. The fourth-order valence-electron chi connectivity index (χ4n) is 4.03. The summed E-state index contributed by atoms with van der Waals surface area (Å²) in [5.74, 6) is 0.788. The molecule has 0 fully saturated rings. The van der Waals surface area contributed by atoms with E-state index in [1.807, 2.05) is 36.4 Å². The molecule has 9 nitrogen and oxygen atoms in total. The molecule has 0 aliphatic carbocycles. The number of ether oxygens (including phenoxy) is 2. The fraction of sp³-hybridized carbons (Fsp3) is 0.240. The van der Waals surface area contributed by atoms with Gasteiger partial charge in [-0.1, -0.05) is 36.4 Å². The van der Waals surface area contributed by atoms with Crippen LogP contribution in [0, 0.1) is 0 Å². The van der Waals surface area contributed by atoms with Crippen LogP contribution in [0.25, 0.3) is 22.2 Å². The SMILES string of the molecule is COc1ccc(CNC(=O)Cn2c(=O)n(C)c(=O)c3c2c(-c2ccccc2)cn3C)cc1OC. The summed E-state index contributed by atoms with van der Waals surface area (Å²) in [6.07, 6.45) is 1.80. The highest BCUT2D eigenvalue weighted by Gasteiger charge is 2.20. The Balaban J connectivity index is 1.70. The summed E-state index contributed by atoms with van der Waals surface area (Å²) in [5, 5.41) is 2.84. The molecule has 0 atom stereocenters. The molecule has 34 heavy (non-hydrogen) atoms. The van der Waals surface area contributed by atoms with Crippen LogP contribution in [0.15, 0.2) is 64.3 Å². The maximum atomic E-state index is 13.1. The van der Waals surface area contributed by atoms with Crippen molar-refractivity contribution in [3.05, 3.63) is 81.1 Å². The third-order valence-electron chi connectivity index (χ3n) is 5.77. The lowest BCUT2D eigenvalue weighted by molar-refractivity contribution is -0.121. The topological polar surface area (TPSA) is 96.5 Å². The van der Waals surface area contributed by atoms with E-state index in [0.717, 1.165) is 15.7 Å². The van der Waals surface area contributed by atoms with Crippen LogP contribution in [0.3, 0.4) is 0 Å². The summed E-state index contributed by atoms with van der Waals surface area (Å²) in [5.41, 5.74) is 2.19. The Bertz CT molecular complexity index is 1480. The van der Waals surface area contributed by atoms with E-state index in [0.29, 0.717) is 28.1 Å². The number of nitrogens with zero attached hydrogens (tertiary/aromatic N) is 3. The highest BCUT2D eigenvalue weighted by Crippen LogP contribution is 2.28. The van der Waals surface area contributed by atoms with Crippen molar-refractivity contribution >= 4 is 16.9 Å². The molecule has 4 aromatic rings. The van der Waals surface area contributed by atoms with Crippen LogP contribution in [0.5, 0.6) is 11.5 Å². The number of methoxy groups -OCH3 is 2. The molecule has 1 amide bonds. The predicted octanol–water partition coefficient (Wildman–Crippen LogP) is 2.04. The lowest BCUT2D eigenvalue weighted by Gasteiger charge is -2.13. The molecule has 0 bridgehead atoms. The molecule has 0 radical (unpaired) electrons. The first kappa shape index (κ1) is 22.9. The van der Waals surface area contributed by atoms with Gasteiger partial charge in [-0.25, -0.2) is 4.79 Å². The van der Waals surface area contributed by atoms with Crippen LogP contribution in [0.1, 0.15) is 5.56 Å². The summed E-state index contributed by atoms with van der Waals surface area (Å²) >= 11 is 0. The van der Waals surface area contributed by atoms with Gasteiger partial charge in [0.25, 0.3) is 5.56 Å². The predicted molar refractivity (Wildman–Crippen MR) is 129 cm³/mol. The van der Waals surface area contributed by atoms with E-state index in [1.54, 1.807) is 44.2 Å². The molecule has 0 aliphatic heterocycles. The van der Waals surface area contributed by atoms with E-state index in [2.05, 4.69) is 5.32 Å². The Morgan fingerprint density at radius 1 is 0.941 bits per heavy atom. The second kappa shape index (κ2) is 9.30. The van der Waals surface area contributed by atoms with Crippen LogP contribution in [-0.2, 0) is 32.0 Å². The second-order valence-corrected chi connectivity index (χ2v) is 7.92. The monoisotopic (exact) mass is 462 g/mol. The van der Waals surface area contributed by atoms with Crippen molar-refractivity contribution in [2.45, 2.75) is 13.1 Å². The van der Waals surface area contributed by atoms with Gasteiger partial charge < -0.3 is 19.4 Å². The number of benzene rings is 2. The number of nitrogens with one attached hydrogen (secondary N) is 1. The van der Waals surface area contributed by atoms with Crippen molar-refractivity contribution in [1.82, 2.24) is 19.0 Å². The van der Waals surface area contributed by atoms with Gasteiger partial charge in [-0.05, 0) is 23.3 Å². The van der Waals surface area contributed by atoms with Crippen molar-refractivity contribution in [3.63, 3.8) is 0 Å². The molecule has 1 N–H and O–H groups in total. The van der Waals surface area contributed by atoms with Gasteiger partial charge in [0.1, 0.15) is 12.1 Å². The standard InChI is InChI=1S/C25H26N4O5/c1-27-14-18(17-8-6-5-7-9-17)22-23(27)24(31)28(2)25(32)29(22)15-21(30)26-13-16-10-11-19(33-3)20(12-16)34-4/h5-12,14H,13,15H2,1-4H3,(H,26,30). The summed E-state index contributed by atoms with van der Waals surface area (Å²) in [4.78, 5) is 38.8. The first-order valence-electron chi connectivity index (χ1n) is 10.7. The fourth-order valence-corrected chi connectivity index (χ4v) is 4.03. The Morgan fingerprint density at radius 3 is 2.32 bits per heavy atom. The van der Waals surface area contributed by atoms with E-state index in [4.69, 9.17) is 9.47 Å². The molecule has 176 valence electrons. The van der Waals surface area contributed by atoms with E-state index >= 15 is 0 Å². The van der Waals surface area contributed by atoms with Crippen LogP contribution in [0.4, 0.5) is 0 Å². The number of fused-ring (bicyclic) bond motifs is 1. The van der Waals surface area contributed by atoms with Gasteiger partial charge in [0.2, 0.25) is 5.91 Å². The molecule has 2 aromatic carbocycles. The number of amides is 1. The smallest absolute Gasteiger partial charge is 0.331 e. The van der Waals surface area contributed by atoms with Crippen LogP contribution < -0.4 is 26.0 Å². The summed E-state index contributed by atoms with van der Waals surface area (Å²) in [6.45, 7) is 0.00374. The second-order valence-electron chi connectivity index (χ2n) is 7.92. The minimum Gasteiger partial charge on any atom is -0.493 e. The summed E-state index contributed by atoms with van der Waals surface area (Å²) in [6, 6.07) is 14.8. The number of aryl methyl sites for hydroxylation is 1. The first-order valence-corrected chi connectivity index (χ1v) is 10.7. The molecule has 2 heterocycles. The number of hydrogen-bond acceptors (Lipinski definition) is 5. The number of carbonyl (C=O) groups excluding carboxylic acids is 1. The maximum Gasteiger partial charge on any atom is 0.331 e. The van der Waals surface area contributed by atoms with Gasteiger partial charge in [-0.15, -0.1) is 0 Å². The average Bonchev–Trinajstić information content (AvgIpc) is 3.21. The van der Waals surface area contributed by atoms with Crippen molar-refractivity contribution < 1.29 is 14.3 Å².